The summed E-state index contributed by atoms with van der Waals surface area (Å²) in [6, 6.07) is 3.15. The van der Waals surface area contributed by atoms with Crippen molar-refractivity contribution in [3.05, 3.63) is 57.4 Å². The maximum absolute atomic E-state index is 13.6. The topological polar surface area (TPSA) is 78.4 Å². The Balaban J connectivity index is 1.76. The molecule has 0 aliphatic carbocycles. The van der Waals surface area contributed by atoms with Crippen molar-refractivity contribution in [1.82, 2.24) is 19.5 Å². The number of pyridine rings is 1. The zero-order valence-corrected chi connectivity index (χ0v) is 17.4. The first-order valence-electron chi connectivity index (χ1n) is 8.68. The standard InChI is InChI=1S/C18H21BrN4O3S/c1-2-3-4-5-10-22-12-16(26-17(24)14-6-8-20-9-7-14)23(25,13-22)18-21-11-15(19)27-18/h2-3,6-9,11,16H,4-5,10,12-13H2,1H3. The number of hydroxylamine groups is 2. The summed E-state index contributed by atoms with van der Waals surface area (Å²) in [5.41, 5.74) is 0.378. The second kappa shape index (κ2) is 9.03. The van der Waals surface area contributed by atoms with Gasteiger partial charge in [-0.3, -0.25) is 9.63 Å². The van der Waals surface area contributed by atoms with E-state index in [-0.39, 0.29) is 6.67 Å². The number of halogens is 1. The van der Waals surface area contributed by atoms with Crippen molar-refractivity contribution in [2.75, 3.05) is 19.8 Å². The molecule has 0 aromatic carbocycles. The number of carbonyl (C=O) groups is 1. The van der Waals surface area contributed by atoms with E-state index in [4.69, 9.17) is 4.74 Å². The third-order valence-electron chi connectivity index (χ3n) is 4.32. The van der Waals surface area contributed by atoms with Gasteiger partial charge in [0.2, 0.25) is 0 Å². The average molecular weight is 453 g/mol. The van der Waals surface area contributed by atoms with Gasteiger partial charge in [-0.25, -0.2) is 9.69 Å². The van der Waals surface area contributed by atoms with Gasteiger partial charge in [0.1, 0.15) is 6.67 Å². The normalized spacial score (nSPS) is 23.1. The predicted octanol–water partition coefficient (Wildman–Crippen LogP) is 3.92. The number of unbranched alkanes of at least 4 members (excludes halogenated alkanes) is 1. The van der Waals surface area contributed by atoms with Crippen LogP contribution in [0.25, 0.3) is 0 Å². The predicted molar refractivity (Wildman–Crippen MR) is 109 cm³/mol. The highest BCUT2D eigenvalue weighted by Gasteiger charge is 2.46. The van der Waals surface area contributed by atoms with Crippen molar-refractivity contribution in [3.8, 4) is 0 Å². The molecule has 1 aliphatic rings. The summed E-state index contributed by atoms with van der Waals surface area (Å²) < 4.78 is 5.62. The largest absolute Gasteiger partial charge is 0.622 e. The summed E-state index contributed by atoms with van der Waals surface area (Å²) in [5, 5.41) is 14.0. The number of carbonyl (C=O) groups excluding carboxylic acids is 1. The fourth-order valence-corrected chi connectivity index (χ4v) is 4.22. The first-order chi connectivity index (χ1) is 13.0. The van der Waals surface area contributed by atoms with Crippen molar-refractivity contribution in [3.63, 3.8) is 0 Å². The summed E-state index contributed by atoms with van der Waals surface area (Å²) in [6.45, 7) is 3.35. The molecule has 0 spiro atoms. The van der Waals surface area contributed by atoms with Crippen molar-refractivity contribution >= 4 is 38.4 Å². The number of thiazole rings is 1. The Bertz CT molecular complexity index is 801. The molecule has 3 rings (SSSR count). The molecule has 1 saturated heterocycles. The average Bonchev–Trinajstić information content (AvgIpc) is 3.24. The van der Waals surface area contributed by atoms with Crippen LogP contribution in [-0.2, 0) is 4.74 Å². The summed E-state index contributed by atoms with van der Waals surface area (Å²) in [7, 11) is 0. The van der Waals surface area contributed by atoms with Crippen LogP contribution in [-0.4, -0.2) is 46.8 Å². The molecule has 0 saturated carbocycles. The molecule has 0 bridgehead atoms. The number of hydrogen-bond acceptors (Lipinski definition) is 7. The van der Waals surface area contributed by atoms with Crippen molar-refractivity contribution < 1.29 is 9.53 Å². The van der Waals surface area contributed by atoms with Gasteiger partial charge in [0.15, 0.2) is 0 Å². The molecular weight excluding hydrogens is 432 g/mol. The Morgan fingerprint density at radius 1 is 1.52 bits per heavy atom. The number of esters is 1. The lowest BCUT2D eigenvalue weighted by Crippen LogP contribution is -2.50. The highest BCUT2D eigenvalue weighted by molar-refractivity contribution is 9.11. The Morgan fingerprint density at radius 3 is 2.96 bits per heavy atom. The van der Waals surface area contributed by atoms with Crippen LogP contribution < -0.4 is 4.65 Å². The second-order valence-corrected chi connectivity index (χ2v) is 8.66. The smallest absolute Gasteiger partial charge is 0.342 e. The van der Waals surface area contributed by atoms with Crippen LogP contribution in [0, 0.1) is 5.21 Å². The summed E-state index contributed by atoms with van der Waals surface area (Å²) in [4.78, 5) is 22.7. The first-order valence-corrected chi connectivity index (χ1v) is 10.3. The minimum absolute atomic E-state index is 0.212. The SMILES string of the molecule is CC=CCCCN1CC(OC(=O)c2ccncc2)[N+]([O-])(c2ncc(Br)s2)C1. The van der Waals surface area contributed by atoms with Crippen LogP contribution >= 0.6 is 27.3 Å². The number of hydrogen-bond donors (Lipinski definition) is 0. The molecule has 2 unspecified atom stereocenters. The van der Waals surface area contributed by atoms with Gasteiger partial charge in [0, 0.05) is 18.9 Å². The van der Waals surface area contributed by atoms with Gasteiger partial charge >= 0.3 is 5.97 Å². The lowest BCUT2D eigenvalue weighted by molar-refractivity contribution is 0.00560. The number of ether oxygens (including phenoxy) is 1. The molecule has 7 nitrogen and oxygen atoms in total. The Morgan fingerprint density at radius 2 is 2.30 bits per heavy atom. The monoisotopic (exact) mass is 452 g/mol. The van der Waals surface area contributed by atoms with E-state index in [1.165, 1.54) is 23.7 Å². The summed E-state index contributed by atoms with van der Waals surface area (Å²) in [5.74, 6) is -0.521. The molecule has 0 N–H and O–H groups in total. The Labute approximate surface area is 170 Å². The molecule has 1 aliphatic heterocycles. The maximum atomic E-state index is 13.6. The zero-order valence-electron chi connectivity index (χ0n) is 15.0. The Kier molecular flexibility index (Phi) is 6.72. The van der Waals surface area contributed by atoms with Crippen LogP contribution in [0.2, 0.25) is 0 Å². The van der Waals surface area contributed by atoms with Crippen molar-refractivity contribution in [2.24, 2.45) is 0 Å². The molecule has 144 valence electrons. The molecule has 1 fully saturated rings. The van der Waals surface area contributed by atoms with Gasteiger partial charge < -0.3 is 9.94 Å². The van der Waals surface area contributed by atoms with Crippen LogP contribution in [0.3, 0.4) is 0 Å². The lowest BCUT2D eigenvalue weighted by atomic mass is 10.3. The minimum Gasteiger partial charge on any atom is -0.622 e. The van der Waals surface area contributed by atoms with Crippen molar-refractivity contribution in [1.29, 1.82) is 0 Å². The van der Waals surface area contributed by atoms with Crippen LogP contribution in [0.15, 0.2) is 46.7 Å². The molecule has 9 heteroatoms. The molecule has 27 heavy (non-hydrogen) atoms. The van der Waals surface area contributed by atoms with E-state index in [9.17, 15) is 10.0 Å². The second-order valence-electron chi connectivity index (χ2n) is 6.27. The third-order valence-corrected chi connectivity index (χ3v) is 5.91. The number of allylic oxidation sites excluding steroid dienone is 2. The molecule has 3 heterocycles. The number of rotatable bonds is 7. The van der Waals surface area contributed by atoms with Gasteiger partial charge in [0.25, 0.3) is 11.4 Å². The fourth-order valence-electron chi connectivity index (χ4n) is 2.97. The lowest BCUT2D eigenvalue weighted by Gasteiger charge is -2.38. The van der Waals surface area contributed by atoms with Gasteiger partial charge in [-0.2, -0.15) is 4.98 Å². The molecule has 2 aromatic rings. The fraction of sp³-hybridized carbons (Fsp3) is 0.389. The number of quaternary nitrogens is 1. The van der Waals surface area contributed by atoms with E-state index in [0.29, 0.717) is 17.2 Å². The molecule has 0 amide bonds. The maximum Gasteiger partial charge on any atom is 0.342 e. The first kappa shape index (κ1) is 20.1. The van der Waals surface area contributed by atoms with E-state index in [1.54, 1.807) is 18.3 Å². The highest BCUT2D eigenvalue weighted by Crippen LogP contribution is 2.37. The van der Waals surface area contributed by atoms with Crippen LogP contribution in [0.5, 0.6) is 0 Å². The minimum atomic E-state index is -0.856. The number of aromatic nitrogens is 2. The third kappa shape index (κ3) is 4.80. The quantitative estimate of drug-likeness (QED) is 0.208. The van der Waals surface area contributed by atoms with Crippen LogP contribution in [0.1, 0.15) is 30.1 Å². The Hall–Kier alpha value is -1.65. The molecular formula is C18H21BrN4O3S. The van der Waals surface area contributed by atoms with E-state index < -0.39 is 16.8 Å². The van der Waals surface area contributed by atoms with E-state index in [1.807, 2.05) is 17.9 Å². The summed E-state index contributed by atoms with van der Waals surface area (Å²) in [6.07, 6.45) is 9.82. The number of nitrogens with zero attached hydrogens (tertiary/aromatic N) is 4. The van der Waals surface area contributed by atoms with Crippen LogP contribution in [0.4, 0.5) is 5.13 Å². The molecule has 0 radical (unpaired) electrons. The van der Waals surface area contributed by atoms with E-state index in [0.717, 1.165) is 23.2 Å². The zero-order chi connectivity index (χ0) is 19.3. The van der Waals surface area contributed by atoms with Gasteiger partial charge in [-0.05, 0) is 59.2 Å². The highest BCUT2D eigenvalue weighted by atomic mass is 79.9. The van der Waals surface area contributed by atoms with E-state index in [2.05, 4.69) is 32.0 Å². The van der Waals surface area contributed by atoms with E-state index >= 15 is 0 Å². The van der Waals surface area contributed by atoms with Gasteiger partial charge in [-0.15, -0.1) is 0 Å². The molecule has 2 atom stereocenters. The molecule has 2 aromatic heterocycles. The van der Waals surface area contributed by atoms with Crippen molar-refractivity contribution in [2.45, 2.75) is 26.0 Å². The van der Waals surface area contributed by atoms with Gasteiger partial charge in [-0.1, -0.05) is 12.2 Å². The summed E-state index contributed by atoms with van der Waals surface area (Å²) >= 11 is 4.63. The van der Waals surface area contributed by atoms with Gasteiger partial charge in [0.05, 0.1) is 22.1 Å².